The maximum atomic E-state index is 11.3. The number of hydrogen-bond acceptors (Lipinski definition) is 3. The van der Waals surface area contributed by atoms with Crippen molar-refractivity contribution in [3.63, 3.8) is 0 Å². The molecule has 0 heterocycles. The lowest BCUT2D eigenvalue weighted by Crippen LogP contribution is -2.36. The quantitative estimate of drug-likeness (QED) is 0.738. The van der Waals surface area contributed by atoms with Gasteiger partial charge in [0.25, 0.3) is 0 Å². The Morgan fingerprint density at radius 3 is 2.62 bits per heavy atom. The molecule has 0 radical (unpaired) electrons. The molecule has 4 heteroatoms. The molecule has 1 aliphatic carbocycles. The van der Waals surface area contributed by atoms with Crippen LogP contribution in [0.15, 0.2) is 12.1 Å². The summed E-state index contributed by atoms with van der Waals surface area (Å²) in [5.74, 6) is -0.247. The van der Waals surface area contributed by atoms with E-state index >= 15 is 0 Å². The maximum Gasteiger partial charge on any atom is 0.336 e. The Bertz CT molecular complexity index is 552. The number of anilines is 2. The lowest BCUT2D eigenvalue weighted by Gasteiger charge is -2.40. The van der Waals surface area contributed by atoms with Crippen LogP contribution in [0.2, 0.25) is 0 Å². The smallest absolute Gasteiger partial charge is 0.336 e. The van der Waals surface area contributed by atoms with Crippen LogP contribution in [0.1, 0.15) is 56.0 Å². The SMILES string of the molecule is Cc1c(C(=O)O)ccc(N)c1NC1CC(C)CC(C)(C)C1. The van der Waals surface area contributed by atoms with Gasteiger partial charge in [-0.05, 0) is 55.2 Å². The summed E-state index contributed by atoms with van der Waals surface area (Å²) in [5, 5.41) is 12.8. The predicted octanol–water partition coefficient (Wildman–Crippen LogP) is 3.90. The summed E-state index contributed by atoms with van der Waals surface area (Å²) in [6, 6.07) is 3.59. The number of nitrogen functional groups attached to an aromatic ring is 1. The molecule has 4 N–H and O–H groups in total. The van der Waals surface area contributed by atoms with Gasteiger partial charge in [-0.15, -0.1) is 0 Å². The van der Waals surface area contributed by atoms with Crippen molar-refractivity contribution in [2.24, 2.45) is 11.3 Å². The van der Waals surface area contributed by atoms with E-state index in [-0.39, 0.29) is 0 Å². The van der Waals surface area contributed by atoms with Gasteiger partial charge in [0.1, 0.15) is 0 Å². The number of carboxylic acid groups (broad SMARTS) is 1. The van der Waals surface area contributed by atoms with Crippen molar-refractivity contribution in [1.29, 1.82) is 0 Å². The molecular weight excluding hydrogens is 264 g/mol. The Hall–Kier alpha value is -1.71. The van der Waals surface area contributed by atoms with Crippen LogP contribution in [0.25, 0.3) is 0 Å². The molecule has 2 rings (SSSR count). The Kier molecular flexibility index (Phi) is 4.17. The number of nitrogens with two attached hydrogens (primary N) is 1. The molecule has 2 unspecified atom stereocenters. The van der Waals surface area contributed by atoms with Crippen molar-refractivity contribution in [2.75, 3.05) is 11.1 Å². The predicted molar refractivity (Wildman–Crippen MR) is 86.8 cm³/mol. The van der Waals surface area contributed by atoms with Gasteiger partial charge < -0.3 is 16.2 Å². The fourth-order valence-corrected chi connectivity index (χ4v) is 3.82. The van der Waals surface area contributed by atoms with Crippen molar-refractivity contribution >= 4 is 17.3 Å². The molecule has 1 fully saturated rings. The lowest BCUT2D eigenvalue weighted by atomic mass is 9.70. The van der Waals surface area contributed by atoms with Crippen LogP contribution < -0.4 is 11.1 Å². The normalized spacial score (nSPS) is 24.6. The Labute approximate surface area is 126 Å². The summed E-state index contributed by atoms with van der Waals surface area (Å²) in [4.78, 5) is 11.3. The van der Waals surface area contributed by atoms with Crippen LogP contribution in [0.3, 0.4) is 0 Å². The third-order valence-electron chi connectivity index (χ3n) is 4.46. The van der Waals surface area contributed by atoms with Crippen LogP contribution >= 0.6 is 0 Å². The monoisotopic (exact) mass is 290 g/mol. The molecule has 4 nitrogen and oxygen atoms in total. The number of aromatic carboxylic acids is 1. The second-order valence-corrected chi connectivity index (χ2v) is 7.26. The molecule has 0 spiro atoms. The van der Waals surface area contributed by atoms with Crippen LogP contribution in [-0.4, -0.2) is 17.1 Å². The van der Waals surface area contributed by atoms with Gasteiger partial charge in [-0.2, -0.15) is 0 Å². The van der Waals surface area contributed by atoms with E-state index in [4.69, 9.17) is 5.73 Å². The standard InChI is InChI=1S/C17H26N2O2/c1-10-7-12(9-17(3,4)8-10)19-15-11(2)13(16(20)21)5-6-14(15)18/h5-6,10,12,19H,7-9,18H2,1-4H3,(H,20,21). The summed E-state index contributed by atoms with van der Waals surface area (Å²) in [6.45, 7) is 8.68. The average Bonchev–Trinajstić information content (AvgIpc) is 2.31. The number of carboxylic acids is 1. The highest BCUT2D eigenvalue weighted by atomic mass is 16.4. The largest absolute Gasteiger partial charge is 0.478 e. The average molecular weight is 290 g/mol. The summed E-state index contributed by atoms with van der Waals surface area (Å²) < 4.78 is 0. The molecule has 1 aromatic carbocycles. The first-order valence-corrected chi connectivity index (χ1v) is 7.58. The molecule has 2 atom stereocenters. The first kappa shape index (κ1) is 15.7. The van der Waals surface area contributed by atoms with Crippen molar-refractivity contribution in [1.82, 2.24) is 0 Å². The number of hydrogen-bond donors (Lipinski definition) is 3. The minimum atomic E-state index is -0.909. The molecule has 1 aromatic rings. The summed E-state index contributed by atoms with van der Waals surface area (Å²) in [6.07, 6.45) is 3.40. The van der Waals surface area contributed by atoms with Crippen LogP contribution in [0, 0.1) is 18.3 Å². The molecular formula is C17H26N2O2. The summed E-state index contributed by atoms with van der Waals surface area (Å²) in [5.41, 5.74) is 8.80. The highest BCUT2D eigenvalue weighted by molar-refractivity contribution is 5.93. The zero-order valence-corrected chi connectivity index (χ0v) is 13.4. The highest BCUT2D eigenvalue weighted by Gasteiger charge is 2.32. The van der Waals surface area contributed by atoms with E-state index in [2.05, 4.69) is 26.1 Å². The minimum absolute atomic E-state index is 0.308. The van der Waals surface area contributed by atoms with Crippen LogP contribution in [-0.2, 0) is 0 Å². The zero-order valence-electron chi connectivity index (χ0n) is 13.4. The molecule has 1 saturated carbocycles. The number of benzene rings is 1. The Balaban J connectivity index is 2.27. The van der Waals surface area contributed by atoms with Crippen molar-refractivity contribution in [2.45, 2.75) is 53.0 Å². The van der Waals surface area contributed by atoms with E-state index in [0.29, 0.717) is 28.6 Å². The number of carbonyl (C=O) groups is 1. The van der Waals surface area contributed by atoms with Crippen LogP contribution in [0.4, 0.5) is 11.4 Å². The van der Waals surface area contributed by atoms with E-state index in [1.165, 1.54) is 6.42 Å². The van der Waals surface area contributed by atoms with Crippen molar-refractivity contribution in [3.8, 4) is 0 Å². The minimum Gasteiger partial charge on any atom is -0.478 e. The van der Waals surface area contributed by atoms with Gasteiger partial charge in [-0.3, -0.25) is 0 Å². The molecule has 0 saturated heterocycles. The first-order valence-electron chi connectivity index (χ1n) is 7.58. The first-order chi connectivity index (χ1) is 9.69. The second-order valence-electron chi connectivity index (χ2n) is 7.26. The summed E-state index contributed by atoms with van der Waals surface area (Å²) >= 11 is 0. The third kappa shape index (κ3) is 3.49. The molecule has 116 valence electrons. The highest BCUT2D eigenvalue weighted by Crippen LogP contribution is 2.40. The maximum absolute atomic E-state index is 11.3. The molecule has 0 bridgehead atoms. The fraction of sp³-hybridized carbons (Fsp3) is 0.588. The molecule has 0 amide bonds. The topological polar surface area (TPSA) is 75.3 Å². The number of nitrogens with one attached hydrogen (secondary N) is 1. The van der Waals surface area contributed by atoms with E-state index in [0.717, 1.165) is 24.1 Å². The molecule has 0 aromatic heterocycles. The number of rotatable bonds is 3. The van der Waals surface area contributed by atoms with Gasteiger partial charge in [-0.25, -0.2) is 4.79 Å². The zero-order chi connectivity index (χ0) is 15.8. The second kappa shape index (κ2) is 5.58. The molecule has 1 aliphatic rings. The van der Waals surface area contributed by atoms with Gasteiger partial charge in [0.2, 0.25) is 0 Å². The lowest BCUT2D eigenvalue weighted by molar-refractivity contribution is 0.0696. The molecule has 21 heavy (non-hydrogen) atoms. The van der Waals surface area contributed by atoms with Gasteiger partial charge in [0.15, 0.2) is 0 Å². The van der Waals surface area contributed by atoms with Gasteiger partial charge in [0.05, 0.1) is 16.9 Å². The van der Waals surface area contributed by atoms with Gasteiger partial charge in [-0.1, -0.05) is 20.8 Å². The third-order valence-corrected chi connectivity index (χ3v) is 4.46. The van der Waals surface area contributed by atoms with E-state index in [1.807, 2.05) is 6.92 Å². The van der Waals surface area contributed by atoms with Gasteiger partial charge in [0, 0.05) is 6.04 Å². The van der Waals surface area contributed by atoms with Crippen molar-refractivity contribution in [3.05, 3.63) is 23.3 Å². The van der Waals surface area contributed by atoms with E-state index < -0.39 is 5.97 Å². The fourth-order valence-electron chi connectivity index (χ4n) is 3.82. The van der Waals surface area contributed by atoms with Gasteiger partial charge >= 0.3 is 5.97 Å². The molecule has 0 aliphatic heterocycles. The van der Waals surface area contributed by atoms with E-state index in [1.54, 1.807) is 12.1 Å². The Morgan fingerprint density at radius 2 is 2.05 bits per heavy atom. The van der Waals surface area contributed by atoms with Crippen molar-refractivity contribution < 1.29 is 9.90 Å². The summed E-state index contributed by atoms with van der Waals surface area (Å²) in [7, 11) is 0. The van der Waals surface area contributed by atoms with E-state index in [9.17, 15) is 9.90 Å². The van der Waals surface area contributed by atoms with Crippen LogP contribution in [0.5, 0.6) is 0 Å². The Morgan fingerprint density at radius 1 is 1.38 bits per heavy atom.